The van der Waals surface area contributed by atoms with Gasteiger partial charge in [0, 0.05) is 7.26 Å². The SMILES string of the molecule is CCCCCCCCCCCCCC[P+](CCCCCC)(CCCCCC)CCCCCC.NCC(=O)O. The third-order valence-electron chi connectivity index (χ3n) is 8.12. The Morgan fingerprint density at radius 1 is 0.447 bits per heavy atom. The summed E-state index contributed by atoms with van der Waals surface area (Å²) in [6, 6.07) is 0. The maximum atomic E-state index is 9.24. The zero-order chi connectivity index (χ0) is 28.6. The minimum Gasteiger partial charge on any atom is -0.480 e. The Labute approximate surface area is 241 Å². The van der Waals surface area contributed by atoms with Crippen molar-refractivity contribution in [3.63, 3.8) is 0 Å². The molecule has 0 saturated heterocycles. The summed E-state index contributed by atoms with van der Waals surface area (Å²) in [4.78, 5) is 9.24. The molecule has 0 amide bonds. The second kappa shape index (κ2) is 33.1. The third kappa shape index (κ3) is 30.4. The van der Waals surface area contributed by atoms with Gasteiger partial charge in [-0.05, 0) is 51.4 Å². The molecule has 4 heteroatoms. The van der Waals surface area contributed by atoms with E-state index >= 15 is 0 Å². The first-order valence-electron chi connectivity index (χ1n) is 17.3. The molecule has 0 fully saturated rings. The van der Waals surface area contributed by atoms with Crippen LogP contribution in [0, 0.1) is 0 Å². The van der Waals surface area contributed by atoms with Crippen LogP contribution < -0.4 is 5.73 Å². The summed E-state index contributed by atoms with van der Waals surface area (Å²) in [5.74, 6) is -0.968. The predicted octanol–water partition coefficient (Wildman–Crippen LogP) is 11.5. The highest BCUT2D eigenvalue weighted by Gasteiger charge is 2.34. The Kier molecular flexibility index (Phi) is 34.8. The number of aliphatic carboxylic acids is 1. The molecular weight excluding hydrogens is 485 g/mol. The van der Waals surface area contributed by atoms with Gasteiger partial charge in [-0.15, -0.1) is 0 Å². The van der Waals surface area contributed by atoms with Crippen LogP contribution in [0.3, 0.4) is 0 Å². The maximum Gasteiger partial charge on any atom is 0.317 e. The summed E-state index contributed by atoms with van der Waals surface area (Å²) in [7, 11) is -0.697. The highest BCUT2D eigenvalue weighted by molar-refractivity contribution is 7.75. The van der Waals surface area contributed by atoms with E-state index in [1.807, 2.05) is 0 Å². The van der Waals surface area contributed by atoms with Crippen LogP contribution in [0.15, 0.2) is 0 Å². The number of hydrogen-bond acceptors (Lipinski definition) is 2. The first kappa shape index (κ1) is 40.0. The van der Waals surface area contributed by atoms with Crippen molar-refractivity contribution in [1.29, 1.82) is 0 Å². The smallest absolute Gasteiger partial charge is 0.317 e. The molecule has 38 heavy (non-hydrogen) atoms. The topological polar surface area (TPSA) is 63.3 Å². The van der Waals surface area contributed by atoms with Gasteiger partial charge in [-0.25, -0.2) is 0 Å². The van der Waals surface area contributed by atoms with Crippen molar-refractivity contribution < 1.29 is 9.90 Å². The van der Waals surface area contributed by atoms with Crippen LogP contribution in [0.1, 0.15) is 182 Å². The zero-order valence-corrected chi connectivity index (χ0v) is 27.8. The van der Waals surface area contributed by atoms with Crippen molar-refractivity contribution >= 4 is 13.2 Å². The Morgan fingerprint density at radius 2 is 0.632 bits per heavy atom. The van der Waals surface area contributed by atoms with E-state index in [4.69, 9.17) is 5.11 Å². The molecule has 0 aromatic heterocycles. The lowest BCUT2D eigenvalue weighted by atomic mass is 10.1. The lowest BCUT2D eigenvalue weighted by molar-refractivity contribution is -0.135. The van der Waals surface area contributed by atoms with Crippen molar-refractivity contribution in [2.24, 2.45) is 5.73 Å². The Bertz CT molecular complexity index is 426. The van der Waals surface area contributed by atoms with E-state index in [9.17, 15) is 4.79 Å². The molecule has 0 aromatic rings. The summed E-state index contributed by atoms with van der Waals surface area (Å²) < 4.78 is 0. The number of carboxylic acid groups (broad SMARTS) is 1. The summed E-state index contributed by atoms with van der Waals surface area (Å²) in [6.45, 7) is 9.14. The first-order chi connectivity index (χ1) is 18.5. The minimum absolute atomic E-state index is 0.278. The average Bonchev–Trinajstić information content (AvgIpc) is 2.92. The fraction of sp³-hybridized carbons (Fsp3) is 0.971. The molecule has 0 heterocycles. The number of nitrogens with two attached hydrogens (primary N) is 1. The zero-order valence-electron chi connectivity index (χ0n) is 26.9. The second-order valence-corrected chi connectivity index (χ2v) is 16.4. The highest BCUT2D eigenvalue weighted by Crippen LogP contribution is 2.61. The van der Waals surface area contributed by atoms with Crippen molar-refractivity contribution in [2.75, 3.05) is 31.2 Å². The normalized spacial score (nSPS) is 11.4. The van der Waals surface area contributed by atoms with E-state index in [1.54, 1.807) is 50.3 Å². The molecule has 0 aliphatic rings. The van der Waals surface area contributed by atoms with Gasteiger partial charge in [-0.2, -0.15) is 0 Å². The number of hydrogen-bond donors (Lipinski definition) is 2. The molecule has 3 nitrogen and oxygen atoms in total. The number of carbonyl (C=O) groups is 1. The monoisotopic (exact) mass is 559 g/mol. The Balaban J connectivity index is 0. The van der Waals surface area contributed by atoms with E-state index in [0.717, 1.165) is 0 Å². The van der Waals surface area contributed by atoms with E-state index < -0.39 is 13.2 Å². The van der Waals surface area contributed by atoms with Crippen molar-refractivity contribution in [2.45, 2.75) is 182 Å². The highest BCUT2D eigenvalue weighted by atomic mass is 31.2. The molecule has 0 bridgehead atoms. The van der Waals surface area contributed by atoms with E-state index in [1.165, 1.54) is 128 Å². The van der Waals surface area contributed by atoms with E-state index in [-0.39, 0.29) is 6.54 Å². The van der Waals surface area contributed by atoms with Gasteiger partial charge in [-0.3, -0.25) is 4.79 Å². The van der Waals surface area contributed by atoms with Gasteiger partial charge in [0.25, 0.3) is 0 Å². The lowest BCUT2D eigenvalue weighted by Crippen LogP contribution is -2.13. The first-order valence-corrected chi connectivity index (χ1v) is 19.8. The molecule has 0 spiro atoms. The number of carboxylic acids is 1. The molecule has 0 aliphatic carbocycles. The second-order valence-electron chi connectivity index (χ2n) is 11.9. The minimum atomic E-state index is -0.968. The van der Waals surface area contributed by atoms with Gasteiger partial charge in [0.2, 0.25) is 0 Å². The largest absolute Gasteiger partial charge is 0.480 e. The van der Waals surface area contributed by atoms with Crippen LogP contribution >= 0.6 is 7.26 Å². The standard InChI is InChI=1S/C32H68P.C2H5NO2/c1-5-9-13-17-18-19-20-21-22-23-24-28-32-33(29-25-14-10-6-2,30-26-15-11-7-3)31-27-16-12-8-4;3-1-2(4)5/h5-32H2,1-4H3;1,3H2,(H,4,5)/q+1;. The van der Waals surface area contributed by atoms with Gasteiger partial charge in [0.1, 0.15) is 0 Å². The molecule has 3 N–H and O–H groups in total. The molecular formula is C34H73NO2P+. The van der Waals surface area contributed by atoms with Crippen LogP contribution in [0.25, 0.3) is 0 Å². The maximum absolute atomic E-state index is 9.24. The quantitative estimate of drug-likeness (QED) is 0.0708. The molecule has 0 aromatic carbocycles. The Morgan fingerprint density at radius 3 is 0.842 bits per heavy atom. The molecule has 0 saturated carbocycles. The van der Waals surface area contributed by atoms with E-state index in [2.05, 4.69) is 33.4 Å². The fourth-order valence-corrected chi connectivity index (χ4v) is 10.5. The third-order valence-corrected chi connectivity index (χ3v) is 13.2. The predicted molar refractivity (Wildman–Crippen MR) is 177 cm³/mol. The van der Waals surface area contributed by atoms with Crippen molar-refractivity contribution in [1.82, 2.24) is 0 Å². The van der Waals surface area contributed by atoms with Crippen LogP contribution in [-0.4, -0.2) is 42.3 Å². The van der Waals surface area contributed by atoms with E-state index in [0.29, 0.717) is 0 Å². The van der Waals surface area contributed by atoms with Crippen molar-refractivity contribution in [3.05, 3.63) is 0 Å². The fourth-order valence-electron chi connectivity index (χ4n) is 5.58. The van der Waals surface area contributed by atoms with Gasteiger partial charge >= 0.3 is 5.97 Å². The van der Waals surface area contributed by atoms with Gasteiger partial charge in [0.15, 0.2) is 0 Å². The van der Waals surface area contributed by atoms with Crippen LogP contribution in [0.4, 0.5) is 0 Å². The Hall–Kier alpha value is -0.140. The summed E-state index contributed by atoms with van der Waals surface area (Å²) in [6.07, 6.45) is 42.1. The molecule has 0 atom stereocenters. The van der Waals surface area contributed by atoms with Crippen molar-refractivity contribution in [3.8, 4) is 0 Å². The summed E-state index contributed by atoms with van der Waals surface area (Å²) in [5.41, 5.74) is 4.57. The summed E-state index contributed by atoms with van der Waals surface area (Å²) >= 11 is 0. The molecule has 0 rings (SSSR count). The van der Waals surface area contributed by atoms with Gasteiger partial charge < -0.3 is 10.8 Å². The van der Waals surface area contributed by atoms with Gasteiger partial charge in [-0.1, -0.05) is 130 Å². The molecule has 230 valence electrons. The van der Waals surface area contributed by atoms with Crippen LogP contribution in [-0.2, 0) is 4.79 Å². The molecule has 0 unspecified atom stereocenters. The average molecular weight is 559 g/mol. The summed E-state index contributed by atoms with van der Waals surface area (Å²) in [5, 5.41) is 7.60. The molecule has 0 aliphatic heterocycles. The number of rotatable bonds is 29. The number of unbranched alkanes of at least 4 members (excludes halogenated alkanes) is 20. The lowest BCUT2D eigenvalue weighted by Gasteiger charge is -2.28. The van der Waals surface area contributed by atoms with Gasteiger partial charge in [0.05, 0.1) is 31.2 Å². The molecule has 0 radical (unpaired) electrons. The van der Waals surface area contributed by atoms with Crippen LogP contribution in [0.2, 0.25) is 0 Å². The van der Waals surface area contributed by atoms with Crippen LogP contribution in [0.5, 0.6) is 0 Å².